The maximum atomic E-state index is 11.2. The molecule has 0 saturated carbocycles. The fraction of sp³-hybridized carbons (Fsp3) is 0. The van der Waals surface area contributed by atoms with Crippen LogP contribution in [0.5, 0.6) is 0 Å². The standard InChI is InChI=1S/C6H7N5O/c7-9-6-8-5(12)4-2-1-3-11(4)10-6/h1-3H,7H2,(H2,8,9,10,12). The van der Waals surface area contributed by atoms with E-state index in [1.165, 1.54) is 4.52 Å². The Morgan fingerprint density at radius 1 is 1.67 bits per heavy atom. The van der Waals surface area contributed by atoms with Gasteiger partial charge in [0.25, 0.3) is 5.56 Å². The molecule has 2 heterocycles. The van der Waals surface area contributed by atoms with E-state index in [1.54, 1.807) is 18.3 Å². The number of nitrogens with one attached hydrogen (secondary N) is 2. The topological polar surface area (TPSA) is 88.2 Å². The normalized spacial score (nSPS) is 10.4. The fourth-order valence-corrected chi connectivity index (χ4v) is 1.01. The largest absolute Gasteiger partial charge is 0.293 e. The number of rotatable bonds is 1. The summed E-state index contributed by atoms with van der Waals surface area (Å²) in [6, 6.07) is 3.41. The van der Waals surface area contributed by atoms with Crippen LogP contribution in [0.4, 0.5) is 5.95 Å². The number of nitrogen functional groups attached to an aromatic ring is 1. The summed E-state index contributed by atoms with van der Waals surface area (Å²) in [5, 5.41) is 3.94. The summed E-state index contributed by atoms with van der Waals surface area (Å²) < 4.78 is 1.45. The summed E-state index contributed by atoms with van der Waals surface area (Å²) in [5.74, 6) is 5.32. The lowest BCUT2D eigenvalue weighted by atomic mass is 10.5. The third kappa shape index (κ3) is 0.857. The van der Waals surface area contributed by atoms with Gasteiger partial charge in [-0.2, -0.15) is 0 Å². The van der Waals surface area contributed by atoms with E-state index >= 15 is 0 Å². The first kappa shape index (κ1) is 6.86. The van der Waals surface area contributed by atoms with E-state index in [9.17, 15) is 4.79 Å². The van der Waals surface area contributed by atoms with Crippen LogP contribution < -0.4 is 16.8 Å². The van der Waals surface area contributed by atoms with E-state index < -0.39 is 0 Å². The molecule has 0 fully saturated rings. The molecule has 4 N–H and O–H groups in total. The van der Waals surface area contributed by atoms with Gasteiger partial charge in [-0.25, -0.2) is 10.4 Å². The summed E-state index contributed by atoms with van der Waals surface area (Å²) >= 11 is 0. The number of aromatic amines is 1. The van der Waals surface area contributed by atoms with Gasteiger partial charge in [-0.15, -0.1) is 5.10 Å². The zero-order valence-electron chi connectivity index (χ0n) is 6.11. The van der Waals surface area contributed by atoms with Crippen molar-refractivity contribution in [3.8, 4) is 0 Å². The third-order valence-electron chi connectivity index (χ3n) is 1.54. The van der Waals surface area contributed by atoms with Crippen molar-refractivity contribution in [2.24, 2.45) is 5.84 Å². The van der Waals surface area contributed by atoms with Crippen molar-refractivity contribution in [2.75, 3.05) is 5.43 Å². The van der Waals surface area contributed by atoms with Gasteiger partial charge >= 0.3 is 0 Å². The average Bonchev–Trinajstić information content (AvgIpc) is 2.52. The summed E-state index contributed by atoms with van der Waals surface area (Å²) in [7, 11) is 0. The van der Waals surface area contributed by atoms with Crippen LogP contribution in [0.25, 0.3) is 5.52 Å². The molecule has 2 aromatic heterocycles. The molecule has 0 bridgehead atoms. The van der Waals surface area contributed by atoms with Crippen LogP contribution in [0.1, 0.15) is 0 Å². The first-order valence-electron chi connectivity index (χ1n) is 3.35. The minimum atomic E-state index is -0.219. The SMILES string of the molecule is NNc1nn2cccc2c(=O)[nH]1. The van der Waals surface area contributed by atoms with Crippen molar-refractivity contribution < 1.29 is 0 Å². The molecule has 0 aliphatic rings. The molecule has 0 radical (unpaired) electrons. The Labute approximate surface area is 67.0 Å². The van der Waals surface area contributed by atoms with Crippen molar-refractivity contribution in [1.82, 2.24) is 14.6 Å². The third-order valence-corrected chi connectivity index (χ3v) is 1.54. The molecule has 0 aliphatic carbocycles. The summed E-state index contributed by atoms with van der Waals surface area (Å²) in [6.07, 6.45) is 1.67. The van der Waals surface area contributed by atoms with Gasteiger partial charge in [-0.3, -0.25) is 15.2 Å². The zero-order chi connectivity index (χ0) is 8.55. The number of anilines is 1. The fourth-order valence-electron chi connectivity index (χ4n) is 1.01. The lowest BCUT2D eigenvalue weighted by Crippen LogP contribution is -2.19. The molecular weight excluding hydrogens is 158 g/mol. The monoisotopic (exact) mass is 165 g/mol. The second-order valence-corrected chi connectivity index (χ2v) is 2.29. The van der Waals surface area contributed by atoms with Gasteiger partial charge in [-0.1, -0.05) is 0 Å². The molecule has 2 aromatic rings. The predicted molar refractivity (Wildman–Crippen MR) is 43.6 cm³/mol. The summed E-state index contributed by atoms with van der Waals surface area (Å²) in [4.78, 5) is 13.7. The first-order chi connectivity index (χ1) is 5.81. The molecule has 2 rings (SSSR count). The van der Waals surface area contributed by atoms with E-state index in [4.69, 9.17) is 5.84 Å². The molecule has 0 spiro atoms. The lowest BCUT2D eigenvalue weighted by molar-refractivity contribution is 0.889. The van der Waals surface area contributed by atoms with Gasteiger partial charge in [0.2, 0.25) is 5.95 Å². The number of nitrogens with two attached hydrogens (primary N) is 1. The number of hydrogen-bond acceptors (Lipinski definition) is 4. The lowest BCUT2D eigenvalue weighted by Gasteiger charge is -1.98. The molecule has 0 unspecified atom stereocenters. The van der Waals surface area contributed by atoms with Crippen LogP contribution in [0, 0.1) is 0 Å². The Hall–Kier alpha value is -1.82. The zero-order valence-corrected chi connectivity index (χ0v) is 6.11. The Morgan fingerprint density at radius 2 is 2.50 bits per heavy atom. The predicted octanol–water partition coefficient (Wildman–Crippen LogP) is -0.692. The molecule has 0 aromatic carbocycles. The molecule has 6 nitrogen and oxygen atoms in total. The number of hydrogen-bond donors (Lipinski definition) is 3. The van der Waals surface area contributed by atoms with Crippen LogP contribution in [-0.2, 0) is 0 Å². The van der Waals surface area contributed by atoms with Crippen molar-refractivity contribution in [2.45, 2.75) is 0 Å². The molecule has 0 saturated heterocycles. The highest BCUT2D eigenvalue weighted by Gasteiger charge is 1.99. The first-order valence-corrected chi connectivity index (χ1v) is 3.35. The molecule has 6 heteroatoms. The average molecular weight is 165 g/mol. The van der Waals surface area contributed by atoms with Crippen LogP contribution in [0.2, 0.25) is 0 Å². The van der Waals surface area contributed by atoms with Crippen LogP contribution in [-0.4, -0.2) is 14.6 Å². The Kier molecular flexibility index (Phi) is 1.34. The van der Waals surface area contributed by atoms with Crippen molar-refractivity contribution in [3.63, 3.8) is 0 Å². The second-order valence-electron chi connectivity index (χ2n) is 2.29. The molecule has 62 valence electrons. The van der Waals surface area contributed by atoms with Gasteiger partial charge in [0.05, 0.1) is 0 Å². The maximum Gasteiger partial charge on any atom is 0.276 e. The highest BCUT2D eigenvalue weighted by atomic mass is 16.1. The summed E-state index contributed by atoms with van der Waals surface area (Å²) in [5.41, 5.74) is 2.54. The highest BCUT2D eigenvalue weighted by molar-refractivity contribution is 5.45. The van der Waals surface area contributed by atoms with Crippen molar-refractivity contribution in [3.05, 3.63) is 28.7 Å². The van der Waals surface area contributed by atoms with E-state index in [0.29, 0.717) is 5.52 Å². The molecular formula is C6H7N5O. The molecule has 0 atom stereocenters. The van der Waals surface area contributed by atoms with Gasteiger partial charge in [0, 0.05) is 6.20 Å². The molecule has 12 heavy (non-hydrogen) atoms. The van der Waals surface area contributed by atoms with Crippen LogP contribution >= 0.6 is 0 Å². The van der Waals surface area contributed by atoms with Gasteiger partial charge < -0.3 is 0 Å². The van der Waals surface area contributed by atoms with E-state index in [-0.39, 0.29) is 11.5 Å². The number of hydrazine groups is 1. The number of H-pyrrole nitrogens is 1. The molecule has 0 aliphatic heterocycles. The number of nitrogens with zero attached hydrogens (tertiary/aromatic N) is 2. The molecule has 0 amide bonds. The quantitative estimate of drug-likeness (QED) is 0.385. The maximum absolute atomic E-state index is 11.2. The van der Waals surface area contributed by atoms with E-state index in [1.807, 2.05) is 0 Å². The van der Waals surface area contributed by atoms with E-state index in [0.717, 1.165) is 0 Å². The number of aromatic nitrogens is 3. The highest BCUT2D eigenvalue weighted by Crippen LogP contribution is 1.96. The number of fused-ring (bicyclic) bond motifs is 1. The van der Waals surface area contributed by atoms with E-state index in [2.05, 4.69) is 15.5 Å². The van der Waals surface area contributed by atoms with Gasteiger partial charge in [0.1, 0.15) is 5.52 Å². The van der Waals surface area contributed by atoms with Crippen molar-refractivity contribution in [1.29, 1.82) is 0 Å². The van der Waals surface area contributed by atoms with Crippen LogP contribution in [0.3, 0.4) is 0 Å². The summed E-state index contributed by atoms with van der Waals surface area (Å²) in [6.45, 7) is 0. The Balaban J connectivity index is 2.84. The minimum absolute atomic E-state index is 0.219. The minimum Gasteiger partial charge on any atom is -0.293 e. The Morgan fingerprint density at radius 3 is 3.25 bits per heavy atom. The van der Waals surface area contributed by atoms with Gasteiger partial charge in [-0.05, 0) is 12.1 Å². The Bertz CT molecular complexity index is 456. The smallest absolute Gasteiger partial charge is 0.276 e. The second kappa shape index (κ2) is 2.35. The van der Waals surface area contributed by atoms with Crippen molar-refractivity contribution >= 4 is 11.5 Å². The van der Waals surface area contributed by atoms with Gasteiger partial charge in [0.15, 0.2) is 0 Å². The van der Waals surface area contributed by atoms with Crippen LogP contribution in [0.15, 0.2) is 23.1 Å².